The Hall–Kier alpha value is -1.59. The first-order chi connectivity index (χ1) is 8.97. The van der Waals surface area contributed by atoms with Gasteiger partial charge in [-0.1, -0.05) is 17.7 Å². The first-order valence-corrected chi connectivity index (χ1v) is 6.93. The Kier molecular flexibility index (Phi) is 4.07. The van der Waals surface area contributed by atoms with Gasteiger partial charge < -0.3 is 5.32 Å². The molecule has 4 nitrogen and oxygen atoms in total. The minimum Gasteiger partial charge on any atom is -0.378 e. The lowest BCUT2D eigenvalue weighted by atomic mass is 10.1. The van der Waals surface area contributed by atoms with Gasteiger partial charge in [-0.25, -0.2) is 0 Å². The fourth-order valence-corrected chi connectivity index (χ4v) is 2.84. The van der Waals surface area contributed by atoms with Crippen molar-refractivity contribution in [2.45, 2.75) is 19.9 Å². The Morgan fingerprint density at radius 3 is 2.68 bits per heavy atom. The number of aryl methyl sites for hydroxylation is 1. The Balaban J connectivity index is 2.19. The monoisotopic (exact) mass is 296 g/mol. The van der Waals surface area contributed by atoms with E-state index >= 15 is 0 Å². The molecular weight excluding hydrogens is 284 g/mol. The maximum absolute atomic E-state index is 10.9. The van der Waals surface area contributed by atoms with Crippen LogP contribution in [0.5, 0.6) is 0 Å². The minimum absolute atomic E-state index is 0.0554. The SMILES string of the molecule is Cc1ccc(NC(C)c2ccc(Cl)s2)cc1[N+](=O)[O-]. The normalized spacial score (nSPS) is 12.2. The number of benzene rings is 1. The summed E-state index contributed by atoms with van der Waals surface area (Å²) in [4.78, 5) is 11.6. The van der Waals surface area contributed by atoms with Gasteiger partial charge in [-0.15, -0.1) is 11.3 Å². The van der Waals surface area contributed by atoms with Gasteiger partial charge in [0.25, 0.3) is 5.69 Å². The summed E-state index contributed by atoms with van der Waals surface area (Å²) in [5, 5.41) is 14.1. The summed E-state index contributed by atoms with van der Waals surface area (Å²) in [5.41, 5.74) is 1.51. The van der Waals surface area contributed by atoms with Crippen LogP contribution >= 0.6 is 22.9 Å². The maximum Gasteiger partial charge on any atom is 0.274 e. The lowest BCUT2D eigenvalue weighted by Gasteiger charge is -2.13. The zero-order valence-electron chi connectivity index (χ0n) is 10.5. The highest BCUT2D eigenvalue weighted by Crippen LogP contribution is 2.30. The summed E-state index contributed by atoms with van der Waals surface area (Å²) in [7, 11) is 0. The van der Waals surface area contributed by atoms with E-state index in [1.165, 1.54) is 11.3 Å². The van der Waals surface area contributed by atoms with Gasteiger partial charge in [0, 0.05) is 22.2 Å². The molecule has 100 valence electrons. The van der Waals surface area contributed by atoms with Gasteiger partial charge >= 0.3 is 0 Å². The molecule has 0 fully saturated rings. The van der Waals surface area contributed by atoms with Crippen LogP contribution < -0.4 is 5.32 Å². The molecule has 0 aliphatic carbocycles. The molecule has 0 aliphatic heterocycles. The van der Waals surface area contributed by atoms with Crippen LogP contribution in [0.4, 0.5) is 11.4 Å². The number of nitrogens with zero attached hydrogens (tertiary/aromatic N) is 1. The van der Waals surface area contributed by atoms with Gasteiger partial charge in [0.1, 0.15) is 0 Å². The molecule has 0 amide bonds. The van der Waals surface area contributed by atoms with Crippen molar-refractivity contribution in [2.24, 2.45) is 0 Å². The van der Waals surface area contributed by atoms with Crippen molar-refractivity contribution in [1.29, 1.82) is 0 Å². The van der Waals surface area contributed by atoms with Crippen LogP contribution in [0.3, 0.4) is 0 Å². The van der Waals surface area contributed by atoms with Crippen molar-refractivity contribution in [3.8, 4) is 0 Å². The third kappa shape index (κ3) is 3.24. The molecule has 2 rings (SSSR count). The van der Waals surface area contributed by atoms with Crippen LogP contribution in [-0.2, 0) is 0 Å². The van der Waals surface area contributed by atoms with Crippen molar-refractivity contribution in [2.75, 3.05) is 5.32 Å². The van der Waals surface area contributed by atoms with E-state index in [1.807, 2.05) is 25.1 Å². The topological polar surface area (TPSA) is 55.2 Å². The standard InChI is InChI=1S/C13H13ClN2O2S/c1-8-3-4-10(7-11(8)16(17)18)15-9(2)12-5-6-13(14)19-12/h3-7,9,15H,1-2H3. The number of nitrogens with one attached hydrogen (secondary N) is 1. The first kappa shape index (κ1) is 13.8. The first-order valence-electron chi connectivity index (χ1n) is 5.74. The predicted octanol–water partition coefficient (Wildman–Crippen LogP) is 4.79. The van der Waals surface area contributed by atoms with Gasteiger partial charge in [0.05, 0.1) is 15.3 Å². The van der Waals surface area contributed by atoms with Crippen LogP contribution in [0, 0.1) is 17.0 Å². The molecule has 1 atom stereocenters. The number of anilines is 1. The van der Waals surface area contributed by atoms with E-state index in [4.69, 9.17) is 11.6 Å². The smallest absolute Gasteiger partial charge is 0.274 e. The van der Waals surface area contributed by atoms with Crippen LogP contribution in [0.1, 0.15) is 23.4 Å². The third-order valence-electron chi connectivity index (χ3n) is 2.81. The van der Waals surface area contributed by atoms with Gasteiger partial charge in [-0.2, -0.15) is 0 Å². The van der Waals surface area contributed by atoms with Crippen LogP contribution in [-0.4, -0.2) is 4.92 Å². The van der Waals surface area contributed by atoms with Gasteiger partial charge in [0.2, 0.25) is 0 Å². The number of nitro groups is 1. The average molecular weight is 297 g/mol. The minimum atomic E-state index is -0.368. The van der Waals surface area contributed by atoms with Crippen LogP contribution in [0.15, 0.2) is 30.3 Å². The maximum atomic E-state index is 10.9. The zero-order valence-corrected chi connectivity index (χ0v) is 12.1. The van der Waals surface area contributed by atoms with Crippen LogP contribution in [0.2, 0.25) is 4.34 Å². The lowest BCUT2D eigenvalue weighted by Crippen LogP contribution is -2.05. The van der Waals surface area contributed by atoms with Gasteiger partial charge in [0.15, 0.2) is 0 Å². The van der Waals surface area contributed by atoms with E-state index in [-0.39, 0.29) is 16.7 Å². The zero-order chi connectivity index (χ0) is 14.0. The summed E-state index contributed by atoms with van der Waals surface area (Å²) in [6, 6.07) is 8.99. The molecule has 0 radical (unpaired) electrons. The number of halogens is 1. The molecule has 1 unspecified atom stereocenters. The largest absolute Gasteiger partial charge is 0.378 e. The Morgan fingerprint density at radius 2 is 2.11 bits per heavy atom. The number of thiophene rings is 1. The summed E-state index contributed by atoms with van der Waals surface area (Å²) >= 11 is 7.39. The van der Waals surface area contributed by atoms with Crippen molar-refractivity contribution in [3.63, 3.8) is 0 Å². The highest BCUT2D eigenvalue weighted by Gasteiger charge is 2.13. The molecule has 1 aromatic heterocycles. The fraction of sp³-hybridized carbons (Fsp3) is 0.231. The molecule has 1 heterocycles. The van der Waals surface area contributed by atoms with E-state index < -0.39 is 0 Å². The summed E-state index contributed by atoms with van der Waals surface area (Å²) in [6.45, 7) is 3.72. The predicted molar refractivity (Wildman–Crippen MR) is 79.2 cm³/mol. The van der Waals surface area contributed by atoms with E-state index in [1.54, 1.807) is 19.1 Å². The second-order valence-electron chi connectivity index (χ2n) is 4.27. The number of hydrogen-bond donors (Lipinski definition) is 1. The Bertz CT molecular complexity index is 612. The van der Waals surface area contributed by atoms with Gasteiger partial charge in [-0.3, -0.25) is 10.1 Å². The summed E-state index contributed by atoms with van der Waals surface area (Å²) in [6.07, 6.45) is 0. The summed E-state index contributed by atoms with van der Waals surface area (Å²) < 4.78 is 0.735. The molecule has 1 N–H and O–H groups in total. The molecule has 2 aromatic rings. The summed E-state index contributed by atoms with van der Waals surface area (Å²) in [5.74, 6) is 0. The molecule has 1 aromatic carbocycles. The lowest BCUT2D eigenvalue weighted by molar-refractivity contribution is -0.385. The fourth-order valence-electron chi connectivity index (χ4n) is 1.78. The molecule has 0 saturated heterocycles. The van der Waals surface area contributed by atoms with E-state index in [0.29, 0.717) is 5.56 Å². The van der Waals surface area contributed by atoms with E-state index in [0.717, 1.165) is 14.9 Å². The quantitative estimate of drug-likeness (QED) is 0.652. The Morgan fingerprint density at radius 1 is 1.37 bits per heavy atom. The highest BCUT2D eigenvalue weighted by molar-refractivity contribution is 7.16. The van der Waals surface area contributed by atoms with E-state index in [9.17, 15) is 10.1 Å². The molecular formula is C13H13ClN2O2S. The second-order valence-corrected chi connectivity index (χ2v) is 6.01. The van der Waals surface area contributed by atoms with Crippen molar-refractivity contribution in [1.82, 2.24) is 0 Å². The van der Waals surface area contributed by atoms with Crippen molar-refractivity contribution >= 4 is 34.3 Å². The molecule has 0 saturated carbocycles. The number of rotatable bonds is 4. The second kappa shape index (κ2) is 5.59. The number of hydrogen-bond acceptors (Lipinski definition) is 4. The third-order valence-corrected chi connectivity index (χ3v) is 4.22. The molecule has 0 bridgehead atoms. The Labute approximate surface area is 120 Å². The van der Waals surface area contributed by atoms with Crippen molar-refractivity contribution in [3.05, 3.63) is 55.2 Å². The van der Waals surface area contributed by atoms with Crippen LogP contribution in [0.25, 0.3) is 0 Å². The van der Waals surface area contributed by atoms with Crippen molar-refractivity contribution < 1.29 is 4.92 Å². The molecule has 0 spiro atoms. The average Bonchev–Trinajstić information content (AvgIpc) is 2.78. The van der Waals surface area contributed by atoms with Gasteiger partial charge in [-0.05, 0) is 32.0 Å². The highest BCUT2D eigenvalue weighted by atomic mass is 35.5. The molecule has 19 heavy (non-hydrogen) atoms. The molecule has 6 heteroatoms. The number of nitro benzene ring substituents is 1. The molecule has 0 aliphatic rings. The van der Waals surface area contributed by atoms with E-state index in [2.05, 4.69) is 5.32 Å².